The van der Waals surface area contributed by atoms with E-state index in [-0.39, 0.29) is 12.1 Å². The number of nitrogens with zero attached hydrogens (tertiary/aromatic N) is 2. The van der Waals surface area contributed by atoms with Gasteiger partial charge < -0.3 is 25.0 Å². The molecule has 3 aromatic rings. The quantitative estimate of drug-likeness (QED) is 0.568. The second-order valence-corrected chi connectivity index (χ2v) is 8.12. The fraction of sp³-hybridized carbons (Fsp3) is 0.308. The summed E-state index contributed by atoms with van der Waals surface area (Å²) >= 11 is 0. The zero-order valence-corrected chi connectivity index (χ0v) is 19.3. The van der Waals surface area contributed by atoms with E-state index in [9.17, 15) is 4.79 Å². The molecule has 2 amide bonds. The third-order valence-corrected chi connectivity index (χ3v) is 5.97. The van der Waals surface area contributed by atoms with Gasteiger partial charge in [0.15, 0.2) is 0 Å². The molecule has 0 spiro atoms. The van der Waals surface area contributed by atoms with Crippen LogP contribution >= 0.6 is 0 Å². The summed E-state index contributed by atoms with van der Waals surface area (Å²) in [6, 6.07) is 17.6. The monoisotopic (exact) mass is 446 g/mol. The average molecular weight is 447 g/mol. The first-order valence-electron chi connectivity index (χ1n) is 11.1. The van der Waals surface area contributed by atoms with Crippen molar-refractivity contribution in [3.8, 4) is 11.5 Å². The summed E-state index contributed by atoms with van der Waals surface area (Å²) < 4.78 is 10.7. The van der Waals surface area contributed by atoms with E-state index in [1.807, 2.05) is 43.5 Å². The minimum atomic E-state index is -0.260. The molecule has 1 aliphatic rings. The van der Waals surface area contributed by atoms with Crippen molar-refractivity contribution < 1.29 is 14.3 Å². The first-order chi connectivity index (χ1) is 16.1. The van der Waals surface area contributed by atoms with Crippen LogP contribution in [0.25, 0.3) is 0 Å². The Morgan fingerprint density at radius 2 is 1.91 bits per heavy atom. The first-order valence-corrected chi connectivity index (χ1v) is 11.1. The van der Waals surface area contributed by atoms with E-state index in [1.54, 1.807) is 14.2 Å². The summed E-state index contributed by atoms with van der Waals surface area (Å²) in [4.78, 5) is 19.4. The van der Waals surface area contributed by atoms with Crippen molar-refractivity contribution in [1.82, 2.24) is 15.6 Å². The predicted octanol–water partition coefficient (Wildman–Crippen LogP) is 4.22. The number of rotatable bonds is 7. The van der Waals surface area contributed by atoms with Crippen LogP contribution in [0.5, 0.6) is 11.5 Å². The molecular formula is C26H30N4O3. The van der Waals surface area contributed by atoms with Crippen molar-refractivity contribution >= 4 is 11.8 Å². The smallest absolute Gasteiger partial charge is 0.315 e. The number of aromatic nitrogens is 1. The number of amides is 2. The Kier molecular flexibility index (Phi) is 6.98. The zero-order chi connectivity index (χ0) is 23.2. The lowest BCUT2D eigenvalue weighted by Gasteiger charge is -2.29. The minimum absolute atomic E-state index is 0.252. The number of benzene rings is 2. The Morgan fingerprint density at radius 3 is 2.64 bits per heavy atom. The van der Waals surface area contributed by atoms with Crippen molar-refractivity contribution in [1.29, 1.82) is 0 Å². The molecule has 4 rings (SSSR count). The van der Waals surface area contributed by atoms with Crippen molar-refractivity contribution in [2.45, 2.75) is 32.5 Å². The lowest BCUT2D eigenvalue weighted by molar-refractivity contribution is 0.237. The van der Waals surface area contributed by atoms with E-state index in [1.165, 1.54) is 11.1 Å². The lowest BCUT2D eigenvalue weighted by Crippen LogP contribution is -2.36. The van der Waals surface area contributed by atoms with Gasteiger partial charge in [0.1, 0.15) is 17.3 Å². The molecule has 1 unspecified atom stereocenters. The molecule has 0 fully saturated rings. The van der Waals surface area contributed by atoms with E-state index >= 15 is 0 Å². The Bertz CT molecular complexity index is 1100. The van der Waals surface area contributed by atoms with Crippen LogP contribution in [0.15, 0.2) is 60.8 Å². The van der Waals surface area contributed by atoms with Gasteiger partial charge in [0.25, 0.3) is 0 Å². The zero-order valence-electron chi connectivity index (χ0n) is 19.3. The van der Waals surface area contributed by atoms with Crippen molar-refractivity contribution in [3.63, 3.8) is 0 Å². The molecule has 0 bridgehead atoms. The number of ether oxygens (including phenoxy) is 2. The summed E-state index contributed by atoms with van der Waals surface area (Å²) in [6.07, 6.45) is 2.85. The van der Waals surface area contributed by atoms with Crippen LogP contribution in [0.4, 0.5) is 10.6 Å². The topological polar surface area (TPSA) is 75.7 Å². The van der Waals surface area contributed by atoms with Gasteiger partial charge in [-0.3, -0.25) is 0 Å². The molecule has 33 heavy (non-hydrogen) atoms. The number of pyridine rings is 1. The largest absolute Gasteiger partial charge is 0.497 e. The average Bonchev–Trinajstić information content (AvgIpc) is 2.87. The molecule has 7 nitrogen and oxygen atoms in total. The Labute approximate surface area is 194 Å². The summed E-state index contributed by atoms with van der Waals surface area (Å²) in [5.41, 5.74) is 4.56. The molecular weight excluding hydrogens is 416 g/mol. The van der Waals surface area contributed by atoms with Gasteiger partial charge in [-0.25, -0.2) is 9.78 Å². The second kappa shape index (κ2) is 10.3. The normalized spacial score (nSPS) is 13.6. The highest BCUT2D eigenvalue weighted by Crippen LogP contribution is 2.29. The molecule has 1 aromatic heterocycles. The molecule has 172 valence electrons. The fourth-order valence-electron chi connectivity index (χ4n) is 4.09. The first kappa shape index (κ1) is 22.5. The van der Waals surface area contributed by atoms with Gasteiger partial charge in [0.2, 0.25) is 0 Å². The molecule has 0 saturated heterocycles. The third kappa shape index (κ3) is 5.37. The minimum Gasteiger partial charge on any atom is -0.497 e. The van der Waals surface area contributed by atoms with Gasteiger partial charge in [-0.2, -0.15) is 0 Å². The van der Waals surface area contributed by atoms with E-state index in [0.29, 0.717) is 18.0 Å². The number of carbonyl (C=O) groups excluding carboxylic acids is 1. The van der Waals surface area contributed by atoms with Crippen LogP contribution in [0.1, 0.15) is 35.2 Å². The summed E-state index contributed by atoms with van der Waals surface area (Å²) in [6.45, 7) is 4.12. The SMILES string of the molecule is COc1ccc(OC)c(C(C)NC(=O)NCc2ccc(N3CCc4ccccc4C3)nc2)c1. The highest BCUT2D eigenvalue weighted by molar-refractivity contribution is 5.74. The number of carbonyl (C=O) groups is 1. The van der Waals surface area contributed by atoms with Crippen LogP contribution in [0.3, 0.4) is 0 Å². The van der Waals surface area contributed by atoms with Gasteiger partial charge in [-0.05, 0) is 54.3 Å². The van der Waals surface area contributed by atoms with Gasteiger partial charge in [-0.1, -0.05) is 30.3 Å². The number of anilines is 1. The highest BCUT2D eigenvalue weighted by atomic mass is 16.5. The van der Waals surface area contributed by atoms with Crippen LogP contribution in [0.2, 0.25) is 0 Å². The lowest BCUT2D eigenvalue weighted by atomic mass is 10.00. The van der Waals surface area contributed by atoms with E-state index < -0.39 is 0 Å². The van der Waals surface area contributed by atoms with Gasteiger partial charge in [0, 0.05) is 31.4 Å². The molecule has 1 atom stereocenters. The molecule has 1 aliphatic heterocycles. The maximum Gasteiger partial charge on any atom is 0.315 e. The van der Waals surface area contributed by atoms with Crippen molar-refractivity contribution in [3.05, 3.63) is 83.0 Å². The molecule has 2 heterocycles. The maximum atomic E-state index is 12.5. The Hall–Kier alpha value is -3.74. The molecule has 0 aliphatic carbocycles. The predicted molar refractivity (Wildman–Crippen MR) is 129 cm³/mol. The Morgan fingerprint density at radius 1 is 1.09 bits per heavy atom. The molecule has 2 aromatic carbocycles. The van der Waals surface area contributed by atoms with E-state index in [2.05, 4.69) is 44.8 Å². The number of methoxy groups -OCH3 is 2. The highest BCUT2D eigenvalue weighted by Gasteiger charge is 2.17. The number of fused-ring (bicyclic) bond motifs is 1. The number of nitrogens with one attached hydrogen (secondary N) is 2. The number of hydrogen-bond donors (Lipinski definition) is 2. The molecule has 7 heteroatoms. The molecule has 0 saturated carbocycles. The maximum absolute atomic E-state index is 12.5. The van der Waals surface area contributed by atoms with Crippen LogP contribution in [-0.4, -0.2) is 31.8 Å². The van der Waals surface area contributed by atoms with Gasteiger partial charge >= 0.3 is 6.03 Å². The van der Waals surface area contributed by atoms with Crippen LogP contribution < -0.4 is 25.0 Å². The Balaban J connectivity index is 1.31. The van der Waals surface area contributed by atoms with Gasteiger partial charge in [0.05, 0.1) is 20.3 Å². The number of hydrogen-bond acceptors (Lipinski definition) is 5. The summed E-state index contributed by atoms with van der Waals surface area (Å²) in [5, 5.41) is 5.85. The van der Waals surface area contributed by atoms with Crippen LogP contribution in [-0.2, 0) is 19.5 Å². The van der Waals surface area contributed by atoms with E-state index in [0.717, 1.165) is 36.5 Å². The number of urea groups is 1. The third-order valence-electron chi connectivity index (χ3n) is 5.97. The van der Waals surface area contributed by atoms with Crippen molar-refractivity contribution in [2.24, 2.45) is 0 Å². The molecule has 0 radical (unpaired) electrons. The standard InChI is InChI=1S/C26H30N4O3/c1-18(23-14-22(32-2)9-10-24(23)33-3)29-26(31)28-16-19-8-11-25(27-15-19)30-13-12-20-6-4-5-7-21(20)17-30/h4-11,14-15,18H,12-13,16-17H2,1-3H3,(H2,28,29,31). The van der Waals surface area contributed by atoms with Crippen LogP contribution in [0, 0.1) is 0 Å². The summed E-state index contributed by atoms with van der Waals surface area (Å²) in [5.74, 6) is 2.36. The molecule has 2 N–H and O–H groups in total. The van der Waals surface area contributed by atoms with E-state index in [4.69, 9.17) is 9.47 Å². The summed E-state index contributed by atoms with van der Waals surface area (Å²) in [7, 11) is 3.22. The van der Waals surface area contributed by atoms with Crippen molar-refractivity contribution in [2.75, 3.05) is 25.7 Å². The second-order valence-electron chi connectivity index (χ2n) is 8.12. The van der Waals surface area contributed by atoms with Gasteiger partial charge in [-0.15, -0.1) is 0 Å². The fourth-order valence-corrected chi connectivity index (χ4v) is 4.09.